The standard InChI is InChI=1S/C13H20ClN3S2/c1-8(2)5-4-6-9(3)15-13-16-10-7-11(14)18-12(10)19-17-13/h7-9H,4-6H2,1-3H3,(H2,15,16,17). The average molecular weight is 318 g/mol. The second-order valence-electron chi connectivity index (χ2n) is 5.28. The maximum absolute atomic E-state index is 6.00. The zero-order chi connectivity index (χ0) is 13.8. The fourth-order valence-corrected chi connectivity index (χ4v) is 4.00. The Morgan fingerprint density at radius 2 is 2.16 bits per heavy atom. The predicted molar refractivity (Wildman–Crippen MR) is 87.5 cm³/mol. The van der Waals surface area contributed by atoms with Crippen LogP contribution in [0, 0.1) is 5.92 Å². The summed E-state index contributed by atoms with van der Waals surface area (Å²) in [5.74, 6) is 1.62. The largest absolute Gasteiger partial charge is 0.353 e. The van der Waals surface area contributed by atoms with Crippen molar-refractivity contribution in [1.29, 1.82) is 0 Å². The van der Waals surface area contributed by atoms with Crippen molar-refractivity contribution in [1.82, 2.24) is 5.32 Å². The Bertz CT molecular complexity index is 457. The van der Waals surface area contributed by atoms with Crippen molar-refractivity contribution in [2.24, 2.45) is 10.3 Å². The van der Waals surface area contributed by atoms with Gasteiger partial charge in [0.05, 0.1) is 10.0 Å². The first-order valence-electron chi connectivity index (χ1n) is 6.62. The van der Waals surface area contributed by atoms with Gasteiger partial charge in [0.1, 0.15) is 4.21 Å². The van der Waals surface area contributed by atoms with Gasteiger partial charge in [0, 0.05) is 18.0 Å². The van der Waals surface area contributed by atoms with Crippen LogP contribution in [0.4, 0.5) is 5.69 Å². The third-order valence-electron chi connectivity index (χ3n) is 2.94. The van der Waals surface area contributed by atoms with Crippen LogP contribution in [0.3, 0.4) is 0 Å². The van der Waals surface area contributed by atoms with E-state index in [1.54, 1.807) is 11.3 Å². The molecule has 0 spiro atoms. The van der Waals surface area contributed by atoms with E-state index in [1.807, 2.05) is 6.07 Å². The molecule has 0 aliphatic carbocycles. The van der Waals surface area contributed by atoms with Gasteiger partial charge in [0.15, 0.2) is 0 Å². The van der Waals surface area contributed by atoms with Crippen molar-refractivity contribution in [3.8, 4) is 0 Å². The maximum atomic E-state index is 6.00. The summed E-state index contributed by atoms with van der Waals surface area (Å²) < 4.78 is 6.36. The molecule has 2 heterocycles. The number of thiophene rings is 1. The first kappa shape index (κ1) is 15.0. The molecular formula is C13H20ClN3S2. The second kappa shape index (κ2) is 6.86. The van der Waals surface area contributed by atoms with Crippen molar-refractivity contribution < 1.29 is 0 Å². The SMILES string of the molecule is CC(C)CCCC(C)NC1=NSc2sc(Cl)cc2N1. The molecule has 106 valence electrons. The first-order chi connectivity index (χ1) is 9.04. The highest BCUT2D eigenvalue weighted by Crippen LogP contribution is 2.41. The van der Waals surface area contributed by atoms with Crippen LogP contribution < -0.4 is 10.6 Å². The molecule has 1 aromatic rings. The molecule has 0 radical (unpaired) electrons. The summed E-state index contributed by atoms with van der Waals surface area (Å²) in [4.78, 5) is 0. The third-order valence-corrected chi connectivity index (χ3v) is 5.13. The summed E-state index contributed by atoms with van der Waals surface area (Å²) >= 11 is 9.04. The van der Waals surface area contributed by atoms with Crippen LogP contribution in [0.25, 0.3) is 0 Å². The lowest BCUT2D eigenvalue weighted by Crippen LogP contribution is -2.38. The molecule has 0 amide bonds. The van der Waals surface area contributed by atoms with E-state index in [-0.39, 0.29) is 0 Å². The fraction of sp³-hybridized carbons (Fsp3) is 0.615. The fourth-order valence-electron chi connectivity index (χ4n) is 1.94. The van der Waals surface area contributed by atoms with Crippen LogP contribution in [-0.4, -0.2) is 12.0 Å². The van der Waals surface area contributed by atoms with Gasteiger partial charge >= 0.3 is 0 Å². The van der Waals surface area contributed by atoms with Crippen LogP contribution in [0.5, 0.6) is 0 Å². The molecule has 0 saturated carbocycles. The molecule has 1 unspecified atom stereocenters. The Morgan fingerprint density at radius 3 is 2.89 bits per heavy atom. The monoisotopic (exact) mass is 317 g/mol. The molecule has 2 rings (SSSR count). The van der Waals surface area contributed by atoms with E-state index < -0.39 is 0 Å². The molecular weight excluding hydrogens is 298 g/mol. The van der Waals surface area contributed by atoms with Crippen LogP contribution in [0.1, 0.15) is 40.0 Å². The molecule has 0 aromatic carbocycles. The van der Waals surface area contributed by atoms with E-state index in [0.29, 0.717) is 6.04 Å². The number of guanidine groups is 1. The molecule has 0 bridgehead atoms. The Balaban J connectivity index is 1.79. The van der Waals surface area contributed by atoms with Gasteiger partial charge in [-0.2, -0.15) is 4.40 Å². The smallest absolute Gasteiger partial charge is 0.208 e. The van der Waals surface area contributed by atoms with E-state index in [9.17, 15) is 0 Å². The van der Waals surface area contributed by atoms with Crippen LogP contribution in [0.15, 0.2) is 14.7 Å². The Labute approximate surface area is 128 Å². The molecule has 1 aliphatic rings. The molecule has 1 aromatic heterocycles. The average Bonchev–Trinajstić information content (AvgIpc) is 2.67. The van der Waals surface area contributed by atoms with Crippen LogP contribution in [-0.2, 0) is 0 Å². The zero-order valence-corrected chi connectivity index (χ0v) is 13.9. The number of halogens is 1. The molecule has 0 saturated heterocycles. The summed E-state index contributed by atoms with van der Waals surface area (Å²) in [5.41, 5.74) is 1.06. The van der Waals surface area contributed by atoms with Gasteiger partial charge in [-0.05, 0) is 25.3 Å². The van der Waals surface area contributed by atoms with Gasteiger partial charge in [-0.15, -0.1) is 11.3 Å². The number of hydrogen-bond donors (Lipinski definition) is 2. The topological polar surface area (TPSA) is 36.4 Å². The number of fused-ring (bicyclic) bond motifs is 1. The van der Waals surface area contributed by atoms with E-state index in [2.05, 4.69) is 35.8 Å². The van der Waals surface area contributed by atoms with E-state index >= 15 is 0 Å². The van der Waals surface area contributed by atoms with Gasteiger partial charge in [0.2, 0.25) is 5.96 Å². The number of rotatable bonds is 5. The molecule has 1 aliphatic heterocycles. The molecule has 3 nitrogen and oxygen atoms in total. The zero-order valence-electron chi connectivity index (χ0n) is 11.5. The first-order valence-corrected chi connectivity index (χ1v) is 8.59. The summed E-state index contributed by atoms with van der Waals surface area (Å²) in [7, 11) is 0. The second-order valence-corrected chi connectivity index (χ2v) is 7.99. The molecule has 6 heteroatoms. The lowest BCUT2D eigenvalue weighted by Gasteiger charge is -2.20. The summed E-state index contributed by atoms with van der Waals surface area (Å²) in [6.07, 6.45) is 3.70. The van der Waals surface area contributed by atoms with Crippen molar-refractivity contribution in [2.75, 3.05) is 5.32 Å². The van der Waals surface area contributed by atoms with Gasteiger partial charge < -0.3 is 10.6 Å². The van der Waals surface area contributed by atoms with Crippen molar-refractivity contribution in [2.45, 2.75) is 50.3 Å². The van der Waals surface area contributed by atoms with Gasteiger partial charge in [-0.3, -0.25) is 0 Å². The highest BCUT2D eigenvalue weighted by molar-refractivity contribution is 8.00. The van der Waals surface area contributed by atoms with Crippen LogP contribution in [0.2, 0.25) is 4.34 Å². The predicted octanol–water partition coefficient (Wildman–Crippen LogP) is 4.99. The minimum absolute atomic E-state index is 0.432. The minimum atomic E-state index is 0.432. The number of nitrogens with zero attached hydrogens (tertiary/aromatic N) is 1. The lowest BCUT2D eigenvalue weighted by molar-refractivity contribution is 0.494. The summed E-state index contributed by atoms with van der Waals surface area (Å²) in [5, 5.41) is 6.71. The normalized spacial score (nSPS) is 15.7. The lowest BCUT2D eigenvalue weighted by atomic mass is 10.0. The van der Waals surface area contributed by atoms with Gasteiger partial charge in [-0.25, -0.2) is 0 Å². The van der Waals surface area contributed by atoms with E-state index in [1.165, 1.54) is 31.2 Å². The van der Waals surface area contributed by atoms with E-state index in [0.717, 1.165) is 26.1 Å². The molecule has 2 N–H and O–H groups in total. The molecule has 0 fully saturated rings. The number of hydrogen-bond acceptors (Lipinski definition) is 5. The van der Waals surface area contributed by atoms with Gasteiger partial charge in [0.25, 0.3) is 0 Å². The third kappa shape index (κ3) is 4.58. The molecule has 19 heavy (non-hydrogen) atoms. The highest BCUT2D eigenvalue weighted by Gasteiger charge is 2.17. The van der Waals surface area contributed by atoms with Crippen LogP contribution >= 0.6 is 34.9 Å². The molecule has 1 atom stereocenters. The number of anilines is 1. The number of nitrogens with one attached hydrogen (secondary N) is 2. The Kier molecular flexibility index (Phi) is 5.42. The van der Waals surface area contributed by atoms with Gasteiger partial charge in [-0.1, -0.05) is 38.3 Å². The highest BCUT2D eigenvalue weighted by atomic mass is 35.5. The van der Waals surface area contributed by atoms with Crippen molar-refractivity contribution in [3.63, 3.8) is 0 Å². The quantitative estimate of drug-likeness (QED) is 0.751. The van der Waals surface area contributed by atoms with Crippen molar-refractivity contribution in [3.05, 3.63) is 10.4 Å². The maximum Gasteiger partial charge on any atom is 0.208 e. The van der Waals surface area contributed by atoms with E-state index in [4.69, 9.17) is 11.6 Å². The Morgan fingerprint density at radius 1 is 1.37 bits per heavy atom. The minimum Gasteiger partial charge on any atom is -0.353 e. The Hall–Kier alpha value is -0.390. The summed E-state index contributed by atoms with van der Waals surface area (Å²) in [6, 6.07) is 2.38. The van der Waals surface area contributed by atoms with Crippen molar-refractivity contribution >= 4 is 46.5 Å². The summed E-state index contributed by atoms with van der Waals surface area (Å²) in [6.45, 7) is 6.73.